The van der Waals surface area contributed by atoms with E-state index in [1.807, 2.05) is 196 Å². The molecule has 15 heterocycles. The third-order valence-electron chi connectivity index (χ3n) is 17.1. The summed E-state index contributed by atoms with van der Waals surface area (Å²) in [6.07, 6.45) is 16.9. The van der Waals surface area contributed by atoms with Gasteiger partial charge in [-0.15, -0.1) is 30.6 Å². The summed E-state index contributed by atoms with van der Waals surface area (Å²) in [7, 11) is 0. The van der Waals surface area contributed by atoms with Crippen LogP contribution in [0.2, 0.25) is 0 Å². The zero-order chi connectivity index (χ0) is 82.6. The second kappa shape index (κ2) is 38.8. The number of rotatable bonds is 32. The van der Waals surface area contributed by atoms with Gasteiger partial charge in [-0.05, 0) is 145 Å². The van der Waals surface area contributed by atoms with Gasteiger partial charge >= 0.3 is 0 Å². The number of hydrogen-bond acceptors (Lipinski definition) is 28. The molecule has 37 nitrogen and oxygen atoms in total. The second-order valence-corrected chi connectivity index (χ2v) is 26.6. The Bertz CT molecular complexity index is 5930. The number of hydrogen-bond donors (Lipinski definition) is 9. The van der Waals surface area contributed by atoms with Crippen LogP contribution in [0.25, 0.3) is 33.1 Å². The van der Waals surface area contributed by atoms with E-state index in [1.54, 1.807) is 33.3 Å². The predicted molar refractivity (Wildman–Crippen MR) is 454 cm³/mol. The van der Waals surface area contributed by atoms with Crippen LogP contribution in [-0.2, 0) is 18.9 Å². The molecule has 12 aromatic rings. The molecule has 0 spiro atoms. The minimum Gasteiger partial charge on any atom is -0.475 e. The molecule has 12 aromatic heterocycles. The summed E-state index contributed by atoms with van der Waals surface area (Å²) < 4.78 is 67.4. The summed E-state index contributed by atoms with van der Waals surface area (Å²) in [5, 5.41) is 62.4. The number of aromatic nitrogens is 12. The largest absolute Gasteiger partial charge is 0.475 e. The second-order valence-electron chi connectivity index (χ2n) is 26.6. The first-order chi connectivity index (χ1) is 57.5. The first-order valence-corrected chi connectivity index (χ1v) is 38.5. The number of aliphatic imine (C=N–C) groups is 6. The third kappa shape index (κ3) is 19.6. The average Bonchev–Trinajstić information content (AvgIpc) is 1.78. The molecule has 15 rings (SSSR count). The quantitative estimate of drug-likeness (QED) is 0.0177. The van der Waals surface area contributed by atoms with E-state index in [0.717, 1.165) is 40.4 Å². The maximum Gasteiger partial charge on any atom is 0.260 e. The first kappa shape index (κ1) is 81.8. The fourth-order valence-electron chi connectivity index (χ4n) is 11.8. The SMILES string of the molecule is CC(C)Oc1nn2ccccc2c1N=C1N=C(Nc2c(OC(C)C)nn3ccccc23)C(=N)C=C1N.CCCOc1nn2ccccc2c1N=C1N=C(Nc2c(OCCC)nn3ccccc23)C(=N)C=C1N.CCOCCOCCOc1nn2ccccc2c1N=C1N=C(Nc2c(OCCOCCOCC)nn3ccccc23)C(=N)C=C1N. The van der Waals surface area contributed by atoms with Gasteiger partial charge in [-0.25, -0.2) is 57.0 Å². The summed E-state index contributed by atoms with van der Waals surface area (Å²) in [5.41, 5.74) is 27.6. The van der Waals surface area contributed by atoms with Crippen molar-refractivity contribution >= 4 is 119 Å². The Balaban J connectivity index is 0.000000155. The highest BCUT2D eigenvalue weighted by Crippen LogP contribution is 2.38. The number of amidine groups is 6. The van der Waals surface area contributed by atoms with Gasteiger partial charge in [0.15, 0.2) is 52.1 Å². The van der Waals surface area contributed by atoms with Gasteiger partial charge in [-0.3, -0.25) is 16.2 Å². The summed E-state index contributed by atoms with van der Waals surface area (Å²) in [6.45, 7) is 21.1. The van der Waals surface area contributed by atoms with E-state index in [1.165, 1.54) is 18.2 Å². The molecule has 118 heavy (non-hydrogen) atoms. The molecule has 0 atom stereocenters. The molecule has 0 aromatic carbocycles. The summed E-state index contributed by atoms with van der Waals surface area (Å²) in [4.78, 5) is 28.1. The molecule has 0 fully saturated rings. The molecular formula is C81H93N27O10. The lowest BCUT2D eigenvalue weighted by atomic mass is 10.2. The molecule has 0 aliphatic carbocycles. The highest BCUT2D eigenvalue weighted by molar-refractivity contribution is 6.54. The van der Waals surface area contributed by atoms with Gasteiger partial charge < -0.3 is 80.5 Å². The topological polar surface area (TPSA) is 456 Å². The number of anilines is 3. The summed E-state index contributed by atoms with van der Waals surface area (Å²) >= 11 is 0. The fraction of sp³-hybridized carbons (Fsp3) is 0.296. The molecule has 3 aliphatic heterocycles. The lowest BCUT2D eigenvalue weighted by Gasteiger charge is -2.16. The van der Waals surface area contributed by atoms with E-state index in [2.05, 4.69) is 61.5 Å². The number of pyridine rings is 6. The standard InChI is InChI=1S/C31H39N9O6.2C25H27N9O2/c1-3-41-13-15-43-17-19-45-30-26(24-9-5-7-11-39(24)37-30)34-28-22(32)21-23(33)29(36-28)35-27-25-10-6-8-12-40(25)38-31(27)46-20-18-44-16-14-42-4-2;1-14(2)35-24-20(18-9-5-7-11-33(18)31-24)28-22-16(26)13-17(27)23(30-22)29-21-19-10-6-8-12-34(19)32-25(21)36-15(3)4;1-3-13-35-24-20(18-9-5-7-11-33(18)31-24)28-22-16(26)15-17(27)23(30-22)29-21-19-10-6-8-12-34(19)32-25(21)36-14-4-2/h5-12,21,32H,3-4,13-20,33H2,1-2H3,(H,34,35,36);5-15,26H,27H2,1-4H3,(H,28,29,30);5-12,15,26H,3-4,13-14,27H2,1-2H3,(H,28,29,30). The van der Waals surface area contributed by atoms with Gasteiger partial charge in [0.25, 0.3) is 35.3 Å². The molecule has 0 saturated heterocycles. The molecule has 612 valence electrons. The number of nitrogens with zero attached hydrogens (tertiary/aromatic N) is 18. The van der Waals surface area contributed by atoms with Gasteiger partial charge in [-0.2, -0.15) is 0 Å². The van der Waals surface area contributed by atoms with E-state index in [9.17, 15) is 0 Å². The van der Waals surface area contributed by atoms with Crippen molar-refractivity contribution in [3.63, 3.8) is 0 Å². The zero-order valence-corrected chi connectivity index (χ0v) is 66.5. The van der Waals surface area contributed by atoms with Crippen LogP contribution in [0.1, 0.15) is 68.2 Å². The molecule has 3 aliphatic rings. The average molecular weight is 1600 g/mol. The Labute approximate surface area is 677 Å². The number of dihydropyridines is 3. The molecule has 37 heteroatoms. The van der Waals surface area contributed by atoms with E-state index >= 15 is 0 Å². The van der Waals surface area contributed by atoms with Crippen molar-refractivity contribution in [3.8, 4) is 35.3 Å². The van der Waals surface area contributed by atoms with Crippen molar-refractivity contribution in [2.45, 2.75) is 80.4 Å². The van der Waals surface area contributed by atoms with Crippen LogP contribution in [0, 0.1) is 16.2 Å². The van der Waals surface area contributed by atoms with Crippen molar-refractivity contribution in [2.24, 2.45) is 47.2 Å². The van der Waals surface area contributed by atoms with Gasteiger partial charge in [0.05, 0.1) is 132 Å². The molecule has 12 N–H and O–H groups in total. The van der Waals surface area contributed by atoms with Crippen LogP contribution in [0.3, 0.4) is 0 Å². The maximum atomic E-state index is 8.62. The number of fused-ring (bicyclic) bond motifs is 6. The Kier molecular flexibility index (Phi) is 26.9. The van der Waals surface area contributed by atoms with Gasteiger partial charge in [0.2, 0.25) is 0 Å². The maximum absolute atomic E-state index is 8.62. The molecule has 0 bridgehead atoms. The third-order valence-corrected chi connectivity index (χ3v) is 17.1. The highest BCUT2D eigenvalue weighted by Gasteiger charge is 2.28. The summed E-state index contributed by atoms with van der Waals surface area (Å²) in [6, 6.07) is 34.0. The van der Waals surface area contributed by atoms with Crippen LogP contribution in [-0.4, -0.2) is 201 Å². The molecule has 0 saturated carbocycles. The van der Waals surface area contributed by atoms with Crippen LogP contribution >= 0.6 is 0 Å². The Morgan fingerprint density at radius 3 is 0.966 bits per heavy atom. The Hall–Kier alpha value is -14.2. The number of nitrogens with one attached hydrogen (secondary N) is 6. The van der Waals surface area contributed by atoms with Crippen LogP contribution in [0.15, 0.2) is 212 Å². The van der Waals surface area contributed by atoms with Crippen LogP contribution < -0.4 is 61.6 Å². The highest BCUT2D eigenvalue weighted by atomic mass is 16.6. The van der Waals surface area contributed by atoms with Gasteiger partial charge in [0, 0.05) is 50.4 Å². The van der Waals surface area contributed by atoms with Gasteiger partial charge in [-0.1, -0.05) is 50.2 Å². The lowest BCUT2D eigenvalue weighted by molar-refractivity contribution is 0.0399. The van der Waals surface area contributed by atoms with Crippen molar-refractivity contribution in [1.82, 2.24) is 57.7 Å². The molecular weight excluding hydrogens is 1510 g/mol. The van der Waals surface area contributed by atoms with Crippen molar-refractivity contribution in [2.75, 3.05) is 95.2 Å². The van der Waals surface area contributed by atoms with Crippen molar-refractivity contribution in [1.29, 1.82) is 16.2 Å². The van der Waals surface area contributed by atoms with Crippen molar-refractivity contribution < 1.29 is 47.4 Å². The molecule has 0 radical (unpaired) electrons. The van der Waals surface area contributed by atoms with E-state index in [4.69, 9.17) is 95.8 Å². The fourth-order valence-corrected chi connectivity index (χ4v) is 11.8. The lowest BCUT2D eigenvalue weighted by Crippen LogP contribution is -2.29. The smallest absolute Gasteiger partial charge is 0.260 e. The minimum absolute atomic E-state index is 0.0671. The number of nitrogens with two attached hydrogens (primary N) is 3. The number of ether oxygens (including phenoxy) is 10. The van der Waals surface area contributed by atoms with Crippen molar-refractivity contribution in [3.05, 3.63) is 182 Å². The van der Waals surface area contributed by atoms with E-state index in [0.29, 0.717) is 141 Å². The monoisotopic (exact) mass is 1600 g/mol. The Morgan fingerprint density at radius 1 is 0.339 bits per heavy atom. The Morgan fingerprint density at radius 2 is 0.610 bits per heavy atom. The minimum atomic E-state index is -0.1000. The molecule has 0 unspecified atom stereocenters. The van der Waals surface area contributed by atoms with Crippen LogP contribution in [0.4, 0.5) is 34.1 Å². The van der Waals surface area contributed by atoms with E-state index < -0.39 is 0 Å². The normalized spacial score (nSPS) is 14.7. The van der Waals surface area contributed by atoms with E-state index in [-0.39, 0.29) is 94.7 Å². The van der Waals surface area contributed by atoms with Gasteiger partial charge in [0.1, 0.15) is 30.3 Å². The molecule has 0 amide bonds. The zero-order valence-electron chi connectivity index (χ0n) is 66.5. The predicted octanol–water partition coefficient (Wildman–Crippen LogP) is 11.2. The summed E-state index contributed by atoms with van der Waals surface area (Å²) in [5.74, 6) is 3.66. The first-order valence-electron chi connectivity index (χ1n) is 38.5. The van der Waals surface area contributed by atoms with Crippen LogP contribution in [0.5, 0.6) is 35.3 Å².